The van der Waals surface area contributed by atoms with Gasteiger partial charge in [-0.05, 0) is 24.6 Å². The highest BCUT2D eigenvalue weighted by molar-refractivity contribution is 7.07. The summed E-state index contributed by atoms with van der Waals surface area (Å²) in [5.41, 5.74) is 3.38. The normalized spacial score (nSPS) is 10.3. The molecular formula is C16H14N4O2S. The molecule has 0 aliphatic carbocycles. The highest BCUT2D eigenvalue weighted by Gasteiger charge is 2.06. The van der Waals surface area contributed by atoms with E-state index in [1.807, 2.05) is 17.5 Å². The summed E-state index contributed by atoms with van der Waals surface area (Å²) in [7, 11) is 0. The standard InChI is InChI=1S/C16H14N4O2S/c21-15(7-6-13-10-23-11-17-13)19-12-3-1-4-14(9-12)22-16-5-2-8-18-20-16/h1-5,8-11H,6-7H2,(H,19,21). The van der Waals surface area contributed by atoms with E-state index in [-0.39, 0.29) is 5.91 Å². The largest absolute Gasteiger partial charge is 0.437 e. The van der Waals surface area contributed by atoms with Crippen molar-refractivity contribution in [2.45, 2.75) is 12.8 Å². The summed E-state index contributed by atoms with van der Waals surface area (Å²) < 4.78 is 5.59. The maximum absolute atomic E-state index is 12.0. The third-order valence-corrected chi connectivity index (χ3v) is 3.61. The molecule has 6 nitrogen and oxygen atoms in total. The molecule has 0 spiro atoms. The zero-order valence-corrected chi connectivity index (χ0v) is 13.0. The lowest BCUT2D eigenvalue weighted by molar-refractivity contribution is -0.116. The van der Waals surface area contributed by atoms with Crippen LogP contribution in [0.3, 0.4) is 0 Å². The Balaban J connectivity index is 1.57. The van der Waals surface area contributed by atoms with Crippen molar-refractivity contribution in [2.75, 3.05) is 5.32 Å². The summed E-state index contributed by atoms with van der Waals surface area (Å²) in [6, 6.07) is 10.6. The van der Waals surface area contributed by atoms with Gasteiger partial charge in [0.25, 0.3) is 0 Å². The van der Waals surface area contributed by atoms with Crippen LogP contribution in [-0.2, 0) is 11.2 Å². The Morgan fingerprint density at radius 3 is 3.00 bits per heavy atom. The van der Waals surface area contributed by atoms with Crippen LogP contribution in [0.15, 0.2) is 53.5 Å². The zero-order valence-electron chi connectivity index (χ0n) is 12.2. The van der Waals surface area contributed by atoms with Crippen molar-refractivity contribution < 1.29 is 9.53 Å². The molecule has 0 saturated heterocycles. The van der Waals surface area contributed by atoms with Gasteiger partial charge < -0.3 is 10.1 Å². The van der Waals surface area contributed by atoms with Gasteiger partial charge in [-0.25, -0.2) is 4.98 Å². The molecule has 23 heavy (non-hydrogen) atoms. The number of anilines is 1. The summed E-state index contributed by atoms with van der Waals surface area (Å²) in [5, 5.41) is 12.4. The number of carbonyl (C=O) groups is 1. The van der Waals surface area contributed by atoms with Gasteiger partial charge in [0.1, 0.15) is 5.75 Å². The smallest absolute Gasteiger partial charge is 0.238 e. The first-order valence-electron chi connectivity index (χ1n) is 7.02. The zero-order chi connectivity index (χ0) is 15.9. The predicted octanol–water partition coefficient (Wildman–Crippen LogP) is 3.30. The lowest BCUT2D eigenvalue weighted by atomic mass is 10.2. The number of thiazole rings is 1. The van der Waals surface area contributed by atoms with Gasteiger partial charge in [0.05, 0.1) is 11.2 Å². The molecule has 1 aromatic carbocycles. The number of benzene rings is 1. The van der Waals surface area contributed by atoms with Crippen molar-refractivity contribution in [3.63, 3.8) is 0 Å². The van der Waals surface area contributed by atoms with Gasteiger partial charge in [-0.3, -0.25) is 4.79 Å². The minimum Gasteiger partial charge on any atom is -0.437 e. The van der Waals surface area contributed by atoms with Crippen LogP contribution in [0.25, 0.3) is 0 Å². The minimum absolute atomic E-state index is 0.0605. The summed E-state index contributed by atoms with van der Waals surface area (Å²) in [5.74, 6) is 0.928. The number of nitrogens with one attached hydrogen (secondary N) is 1. The molecule has 0 atom stereocenters. The maximum atomic E-state index is 12.0. The van der Waals surface area contributed by atoms with E-state index in [1.54, 1.807) is 36.0 Å². The fraction of sp³-hybridized carbons (Fsp3) is 0.125. The van der Waals surface area contributed by atoms with Crippen molar-refractivity contribution in [2.24, 2.45) is 0 Å². The van der Waals surface area contributed by atoms with Crippen LogP contribution in [0.4, 0.5) is 5.69 Å². The molecule has 0 aliphatic rings. The number of carbonyl (C=O) groups excluding carboxylic acids is 1. The second-order valence-corrected chi connectivity index (χ2v) is 5.44. The summed E-state index contributed by atoms with van der Waals surface area (Å²) in [6.07, 6.45) is 2.59. The predicted molar refractivity (Wildman–Crippen MR) is 87.6 cm³/mol. The Hall–Kier alpha value is -2.80. The number of aromatic nitrogens is 3. The Kier molecular flexibility index (Phi) is 4.90. The first-order valence-corrected chi connectivity index (χ1v) is 7.96. The number of nitrogens with zero attached hydrogens (tertiary/aromatic N) is 3. The summed E-state index contributed by atoms with van der Waals surface area (Å²) in [6.45, 7) is 0. The van der Waals surface area contributed by atoms with E-state index in [2.05, 4.69) is 20.5 Å². The van der Waals surface area contributed by atoms with Crippen LogP contribution in [0.5, 0.6) is 11.6 Å². The quantitative estimate of drug-likeness (QED) is 0.752. The van der Waals surface area contributed by atoms with E-state index in [0.717, 1.165) is 5.69 Å². The van der Waals surface area contributed by atoms with Gasteiger partial charge in [0.15, 0.2) is 0 Å². The van der Waals surface area contributed by atoms with Crippen molar-refractivity contribution in [3.8, 4) is 11.6 Å². The van der Waals surface area contributed by atoms with Crippen LogP contribution in [-0.4, -0.2) is 21.1 Å². The topological polar surface area (TPSA) is 77.0 Å². The van der Waals surface area contributed by atoms with Crippen LogP contribution < -0.4 is 10.1 Å². The van der Waals surface area contributed by atoms with E-state index in [0.29, 0.717) is 30.2 Å². The molecule has 3 aromatic rings. The fourth-order valence-electron chi connectivity index (χ4n) is 1.93. The maximum Gasteiger partial charge on any atom is 0.238 e. The third kappa shape index (κ3) is 4.58. The van der Waals surface area contributed by atoms with Crippen LogP contribution in [0.2, 0.25) is 0 Å². The first-order chi connectivity index (χ1) is 11.3. The Bertz CT molecular complexity index is 763. The van der Waals surface area contributed by atoms with Crippen molar-refractivity contribution in [1.82, 2.24) is 15.2 Å². The third-order valence-electron chi connectivity index (χ3n) is 2.98. The highest BCUT2D eigenvalue weighted by atomic mass is 32.1. The van der Waals surface area contributed by atoms with Gasteiger partial charge in [-0.2, -0.15) is 5.10 Å². The van der Waals surface area contributed by atoms with E-state index in [9.17, 15) is 4.79 Å². The van der Waals surface area contributed by atoms with Gasteiger partial charge >= 0.3 is 0 Å². The number of aryl methyl sites for hydroxylation is 1. The van der Waals surface area contributed by atoms with Crippen molar-refractivity contribution >= 4 is 22.9 Å². The van der Waals surface area contributed by atoms with Crippen LogP contribution in [0.1, 0.15) is 12.1 Å². The highest BCUT2D eigenvalue weighted by Crippen LogP contribution is 2.22. The molecule has 2 aromatic heterocycles. The fourth-order valence-corrected chi connectivity index (χ4v) is 2.52. The Morgan fingerprint density at radius 1 is 1.26 bits per heavy atom. The van der Waals surface area contributed by atoms with Gasteiger partial charge in [0, 0.05) is 35.8 Å². The second kappa shape index (κ2) is 7.46. The minimum atomic E-state index is -0.0605. The van der Waals surface area contributed by atoms with E-state index >= 15 is 0 Å². The number of amides is 1. The molecule has 0 radical (unpaired) electrons. The van der Waals surface area contributed by atoms with Gasteiger partial charge in [-0.15, -0.1) is 16.4 Å². The molecule has 3 rings (SSSR count). The Morgan fingerprint density at radius 2 is 2.22 bits per heavy atom. The van der Waals surface area contributed by atoms with Crippen molar-refractivity contribution in [1.29, 1.82) is 0 Å². The monoisotopic (exact) mass is 326 g/mol. The molecule has 0 aliphatic heterocycles. The van der Waals surface area contributed by atoms with Gasteiger partial charge in [-0.1, -0.05) is 6.07 Å². The number of hydrogen-bond acceptors (Lipinski definition) is 6. The molecule has 116 valence electrons. The average Bonchev–Trinajstić information content (AvgIpc) is 3.08. The van der Waals surface area contributed by atoms with Crippen molar-refractivity contribution in [3.05, 3.63) is 59.2 Å². The SMILES string of the molecule is O=C(CCc1cscn1)Nc1cccc(Oc2cccnn2)c1. The van der Waals surface area contributed by atoms with E-state index in [1.165, 1.54) is 11.3 Å². The van der Waals surface area contributed by atoms with E-state index < -0.39 is 0 Å². The summed E-state index contributed by atoms with van der Waals surface area (Å²) >= 11 is 1.53. The number of ether oxygens (including phenoxy) is 1. The molecule has 2 heterocycles. The van der Waals surface area contributed by atoms with Crippen LogP contribution in [0, 0.1) is 0 Å². The molecule has 0 fully saturated rings. The molecular weight excluding hydrogens is 312 g/mol. The molecule has 0 saturated carbocycles. The molecule has 7 heteroatoms. The number of hydrogen-bond donors (Lipinski definition) is 1. The van der Waals surface area contributed by atoms with Gasteiger partial charge in [0.2, 0.25) is 11.8 Å². The number of rotatable bonds is 6. The molecule has 0 bridgehead atoms. The lowest BCUT2D eigenvalue weighted by Gasteiger charge is -2.08. The molecule has 0 unspecified atom stereocenters. The molecule has 1 N–H and O–H groups in total. The second-order valence-electron chi connectivity index (χ2n) is 4.72. The van der Waals surface area contributed by atoms with E-state index in [4.69, 9.17) is 4.74 Å². The molecule has 1 amide bonds. The first kappa shape index (κ1) is 15.1. The average molecular weight is 326 g/mol. The summed E-state index contributed by atoms with van der Waals surface area (Å²) in [4.78, 5) is 16.1. The van der Waals surface area contributed by atoms with Crippen LogP contribution >= 0.6 is 11.3 Å². The Labute approximate surface area is 137 Å². The lowest BCUT2D eigenvalue weighted by Crippen LogP contribution is -2.12.